The summed E-state index contributed by atoms with van der Waals surface area (Å²) in [5, 5.41) is 9.50. The molecule has 0 radical (unpaired) electrons. The van der Waals surface area contributed by atoms with E-state index in [4.69, 9.17) is 0 Å². The molecule has 114 valence electrons. The van der Waals surface area contributed by atoms with Gasteiger partial charge in [0, 0.05) is 6.54 Å². The molecule has 20 heavy (non-hydrogen) atoms. The zero-order chi connectivity index (χ0) is 15.6. The van der Waals surface area contributed by atoms with Crippen molar-refractivity contribution in [2.75, 3.05) is 13.6 Å². The van der Waals surface area contributed by atoms with Gasteiger partial charge in [-0.05, 0) is 45.2 Å². The number of nitrogens with one attached hydrogen (secondary N) is 2. The summed E-state index contributed by atoms with van der Waals surface area (Å²) in [7, 11) is -6.12. The minimum absolute atomic E-state index is 0.0264. The van der Waals surface area contributed by atoms with Gasteiger partial charge in [0.1, 0.15) is 0 Å². The van der Waals surface area contributed by atoms with Gasteiger partial charge in [0.05, 0.1) is 15.4 Å². The molecule has 0 aliphatic carbocycles. The first kappa shape index (κ1) is 17.1. The third-order valence-electron chi connectivity index (χ3n) is 2.41. The van der Waals surface area contributed by atoms with E-state index in [1.165, 1.54) is 45.2 Å². The Labute approximate surface area is 119 Å². The zero-order valence-corrected chi connectivity index (χ0v) is 13.0. The predicted molar refractivity (Wildman–Crippen MR) is 74.2 cm³/mol. The van der Waals surface area contributed by atoms with Crippen molar-refractivity contribution < 1.29 is 21.9 Å². The van der Waals surface area contributed by atoms with E-state index in [1.807, 2.05) is 0 Å². The summed E-state index contributed by atoms with van der Waals surface area (Å²) in [5.74, 6) is 0. The van der Waals surface area contributed by atoms with Crippen molar-refractivity contribution in [3.63, 3.8) is 0 Å². The Balaban J connectivity index is 2.99. The lowest BCUT2D eigenvalue weighted by molar-refractivity contribution is 0.0857. The maximum atomic E-state index is 11.9. The summed E-state index contributed by atoms with van der Waals surface area (Å²) in [4.78, 5) is -0.0989. The Hall–Kier alpha value is -1.00. The van der Waals surface area contributed by atoms with Gasteiger partial charge in [-0.1, -0.05) is 0 Å². The average molecular weight is 322 g/mol. The van der Waals surface area contributed by atoms with Gasteiger partial charge in [-0.3, -0.25) is 0 Å². The SMILES string of the molecule is CNS(=O)(=O)c1ccc(S(=O)(=O)NCC(C)(C)O)cc1. The molecule has 3 N–H and O–H groups in total. The Kier molecular flexibility index (Phi) is 4.93. The fourth-order valence-corrected chi connectivity index (χ4v) is 3.21. The lowest BCUT2D eigenvalue weighted by atomic mass is 10.1. The van der Waals surface area contributed by atoms with E-state index in [1.54, 1.807) is 0 Å². The Bertz CT molecular complexity index is 658. The molecule has 0 bridgehead atoms. The van der Waals surface area contributed by atoms with E-state index in [-0.39, 0.29) is 16.3 Å². The van der Waals surface area contributed by atoms with Crippen LogP contribution in [-0.4, -0.2) is 41.1 Å². The lowest BCUT2D eigenvalue weighted by Gasteiger charge is -2.17. The summed E-state index contributed by atoms with van der Waals surface area (Å²) in [5.41, 5.74) is -1.18. The van der Waals surface area contributed by atoms with E-state index in [0.29, 0.717) is 0 Å². The van der Waals surface area contributed by atoms with Crippen molar-refractivity contribution in [1.82, 2.24) is 9.44 Å². The predicted octanol–water partition coefficient (Wildman–Crippen LogP) is -0.356. The number of hydrogen-bond acceptors (Lipinski definition) is 5. The normalized spacial score (nSPS) is 13.4. The number of benzene rings is 1. The van der Waals surface area contributed by atoms with Crippen LogP contribution in [0.3, 0.4) is 0 Å². The molecule has 9 heteroatoms. The molecule has 1 aromatic rings. The van der Waals surface area contributed by atoms with Crippen LogP contribution in [0.5, 0.6) is 0 Å². The molecule has 0 saturated carbocycles. The van der Waals surface area contributed by atoms with Crippen LogP contribution in [0.1, 0.15) is 13.8 Å². The van der Waals surface area contributed by atoms with Crippen molar-refractivity contribution in [2.45, 2.75) is 29.2 Å². The summed E-state index contributed by atoms with van der Waals surface area (Å²) in [6.07, 6.45) is 0. The second-order valence-corrected chi connectivity index (χ2v) is 8.47. The molecule has 0 heterocycles. The third-order valence-corrected chi connectivity index (χ3v) is 5.26. The first-order chi connectivity index (χ1) is 8.98. The number of rotatable bonds is 6. The molecular weight excluding hydrogens is 304 g/mol. The van der Waals surface area contributed by atoms with Gasteiger partial charge in [0.15, 0.2) is 0 Å². The van der Waals surface area contributed by atoms with Crippen LogP contribution in [0.4, 0.5) is 0 Å². The maximum absolute atomic E-state index is 11.9. The van der Waals surface area contributed by atoms with Crippen LogP contribution >= 0.6 is 0 Å². The van der Waals surface area contributed by atoms with E-state index in [2.05, 4.69) is 9.44 Å². The smallest absolute Gasteiger partial charge is 0.240 e. The molecule has 0 fully saturated rings. The molecule has 0 spiro atoms. The van der Waals surface area contributed by atoms with Crippen LogP contribution in [0.25, 0.3) is 0 Å². The van der Waals surface area contributed by atoms with E-state index < -0.39 is 25.6 Å². The van der Waals surface area contributed by atoms with Gasteiger partial charge in [0.2, 0.25) is 20.0 Å². The molecule has 0 aromatic heterocycles. The summed E-state index contributed by atoms with van der Waals surface area (Å²) in [6.45, 7) is 2.79. The van der Waals surface area contributed by atoms with E-state index >= 15 is 0 Å². The Morgan fingerprint density at radius 2 is 1.40 bits per heavy atom. The van der Waals surface area contributed by atoms with Gasteiger partial charge < -0.3 is 5.11 Å². The van der Waals surface area contributed by atoms with Crippen molar-refractivity contribution >= 4 is 20.0 Å². The second kappa shape index (κ2) is 5.78. The molecular formula is C11H18N2O5S2. The minimum atomic E-state index is -3.79. The maximum Gasteiger partial charge on any atom is 0.240 e. The van der Waals surface area contributed by atoms with E-state index in [9.17, 15) is 21.9 Å². The second-order valence-electron chi connectivity index (χ2n) is 4.82. The molecule has 1 aromatic carbocycles. The van der Waals surface area contributed by atoms with Crippen molar-refractivity contribution in [2.24, 2.45) is 0 Å². The van der Waals surface area contributed by atoms with Gasteiger partial charge in [-0.2, -0.15) is 0 Å². The first-order valence-corrected chi connectivity index (χ1v) is 8.70. The fraction of sp³-hybridized carbons (Fsp3) is 0.455. The largest absolute Gasteiger partial charge is 0.389 e. The number of hydrogen-bond donors (Lipinski definition) is 3. The zero-order valence-electron chi connectivity index (χ0n) is 11.4. The summed E-state index contributed by atoms with van der Waals surface area (Å²) >= 11 is 0. The van der Waals surface area contributed by atoms with Crippen LogP contribution in [0.2, 0.25) is 0 Å². The average Bonchev–Trinajstić information content (AvgIpc) is 2.36. The molecule has 0 amide bonds. The summed E-state index contributed by atoms with van der Waals surface area (Å²) in [6, 6.07) is 4.78. The number of sulfonamides is 2. The van der Waals surface area contributed by atoms with Gasteiger partial charge >= 0.3 is 0 Å². The molecule has 1 rings (SSSR count). The molecule has 0 saturated heterocycles. The van der Waals surface area contributed by atoms with Gasteiger partial charge in [-0.15, -0.1) is 0 Å². The van der Waals surface area contributed by atoms with Crippen LogP contribution in [0, 0.1) is 0 Å². The van der Waals surface area contributed by atoms with Crippen LogP contribution in [-0.2, 0) is 20.0 Å². The minimum Gasteiger partial charge on any atom is -0.389 e. The quantitative estimate of drug-likeness (QED) is 0.662. The summed E-state index contributed by atoms with van der Waals surface area (Å²) < 4.78 is 51.2. The third kappa shape index (κ3) is 4.53. The molecule has 0 unspecified atom stereocenters. The van der Waals surface area contributed by atoms with Gasteiger partial charge in [-0.25, -0.2) is 26.3 Å². The fourth-order valence-electron chi connectivity index (χ4n) is 1.27. The standard InChI is InChI=1S/C11H18N2O5S2/c1-11(2,14)8-13-20(17,18)10-6-4-9(5-7-10)19(15,16)12-3/h4-7,12-14H,8H2,1-3H3. The highest BCUT2D eigenvalue weighted by Crippen LogP contribution is 2.14. The highest BCUT2D eigenvalue weighted by molar-refractivity contribution is 7.90. The number of aliphatic hydroxyl groups is 1. The Morgan fingerprint density at radius 3 is 1.75 bits per heavy atom. The van der Waals surface area contributed by atoms with E-state index in [0.717, 1.165) is 0 Å². The molecule has 0 atom stereocenters. The van der Waals surface area contributed by atoms with Crippen LogP contribution in [0.15, 0.2) is 34.1 Å². The first-order valence-electron chi connectivity index (χ1n) is 5.74. The highest BCUT2D eigenvalue weighted by atomic mass is 32.2. The lowest BCUT2D eigenvalue weighted by Crippen LogP contribution is -2.38. The highest BCUT2D eigenvalue weighted by Gasteiger charge is 2.20. The molecule has 7 nitrogen and oxygen atoms in total. The van der Waals surface area contributed by atoms with Crippen LogP contribution < -0.4 is 9.44 Å². The van der Waals surface area contributed by atoms with Crippen molar-refractivity contribution in [1.29, 1.82) is 0 Å². The Morgan fingerprint density at radius 1 is 1.00 bits per heavy atom. The van der Waals surface area contributed by atoms with Crippen molar-refractivity contribution in [3.05, 3.63) is 24.3 Å². The van der Waals surface area contributed by atoms with Gasteiger partial charge in [0.25, 0.3) is 0 Å². The topological polar surface area (TPSA) is 113 Å². The molecule has 0 aliphatic rings. The van der Waals surface area contributed by atoms with Crippen molar-refractivity contribution in [3.8, 4) is 0 Å². The molecule has 0 aliphatic heterocycles. The monoisotopic (exact) mass is 322 g/mol.